The molecule has 20 heavy (non-hydrogen) atoms. The van der Waals surface area contributed by atoms with Crippen LogP contribution in [-0.4, -0.2) is 31.8 Å². The lowest BCUT2D eigenvalue weighted by Crippen LogP contribution is -2.34. The van der Waals surface area contributed by atoms with Crippen LogP contribution in [-0.2, 0) is 16.0 Å². The highest BCUT2D eigenvalue weighted by atomic mass is 79.9. The zero-order chi connectivity index (χ0) is 14.5. The normalized spacial score (nSPS) is 15.3. The number of benzene rings is 1. The topological polar surface area (TPSA) is 70.8 Å². The summed E-state index contributed by atoms with van der Waals surface area (Å²) in [4.78, 5) is 11.6. The molecule has 0 aromatic heterocycles. The van der Waals surface area contributed by atoms with Crippen molar-refractivity contribution in [3.63, 3.8) is 0 Å². The van der Waals surface area contributed by atoms with Crippen molar-refractivity contribution in [2.45, 2.75) is 25.8 Å². The Morgan fingerprint density at radius 2 is 2.20 bits per heavy atom. The summed E-state index contributed by atoms with van der Waals surface area (Å²) in [7, 11) is 0. The van der Waals surface area contributed by atoms with E-state index in [1.54, 1.807) is 6.92 Å². The summed E-state index contributed by atoms with van der Waals surface area (Å²) in [5.74, 6) is 0.995. The lowest BCUT2D eigenvalue weighted by atomic mass is 10.1. The first-order chi connectivity index (χ1) is 9.61. The second-order valence-electron chi connectivity index (χ2n) is 4.52. The Morgan fingerprint density at radius 3 is 2.95 bits per heavy atom. The number of fused-ring (bicyclic) bond motifs is 1. The van der Waals surface area contributed by atoms with Gasteiger partial charge in [-0.2, -0.15) is 0 Å². The van der Waals surface area contributed by atoms with Crippen molar-refractivity contribution in [2.24, 2.45) is 5.73 Å². The Kier molecular flexibility index (Phi) is 5.25. The Balaban J connectivity index is 2.15. The van der Waals surface area contributed by atoms with E-state index in [1.165, 1.54) is 0 Å². The lowest BCUT2D eigenvalue weighted by molar-refractivity contribution is -0.144. The molecule has 1 atom stereocenters. The van der Waals surface area contributed by atoms with E-state index in [-0.39, 0.29) is 0 Å². The monoisotopic (exact) mass is 343 g/mol. The van der Waals surface area contributed by atoms with Gasteiger partial charge in [-0.05, 0) is 47.0 Å². The van der Waals surface area contributed by atoms with Crippen LogP contribution in [0.2, 0.25) is 0 Å². The maximum atomic E-state index is 11.6. The zero-order valence-corrected chi connectivity index (χ0v) is 12.9. The van der Waals surface area contributed by atoms with E-state index in [1.807, 2.05) is 12.1 Å². The molecular formula is C14H18BrNO4. The van der Waals surface area contributed by atoms with Gasteiger partial charge in [0.05, 0.1) is 24.3 Å². The van der Waals surface area contributed by atoms with E-state index >= 15 is 0 Å². The molecule has 2 N–H and O–H groups in total. The van der Waals surface area contributed by atoms with Crippen LogP contribution >= 0.6 is 15.9 Å². The summed E-state index contributed by atoms with van der Waals surface area (Å²) in [5, 5.41) is 0. The molecule has 5 nitrogen and oxygen atoms in total. The van der Waals surface area contributed by atoms with Gasteiger partial charge in [-0.25, -0.2) is 0 Å². The van der Waals surface area contributed by atoms with Gasteiger partial charge >= 0.3 is 5.97 Å². The van der Waals surface area contributed by atoms with Gasteiger partial charge in [0, 0.05) is 6.42 Å². The number of hydrogen-bond acceptors (Lipinski definition) is 5. The van der Waals surface area contributed by atoms with E-state index in [0.29, 0.717) is 37.7 Å². The average Bonchev–Trinajstić information content (AvgIpc) is 2.64. The number of nitrogens with two attached hydrogens (primary N) is 1. The highest BCUT2D eigenvalue weighted by Gasteiger charge is 2.19. The van der Waals surface area contributed by atoms with Crippen LogP contribution < -0.4 is 15.2 Å². The molecule has 1 aliphatic heterocycles. The highest BCUT2D eigenvalue weighted by molar-refractivity contribution is 9.10. The second kappa shape index (κ2) is 6.95. The van der Waals surface area contributed by atoms with Crippen molar-refractivity contribution < 1.29 is 19.0 Å². The summed E-state index contributed by atoms with van der Waals surface area (Å²) < 4.78 is 17.0. The van der Waals surface area contributed by atoms with Crippen LogP contribution in [0.4, 0.5) is 0 Å². The fourth-order valence-corrected chi connectivity index (χ4v) is 2.59. The van der Waals surface area contributed by atoms with Gasteiger partial charge < -0.3 is 19.9 Å². The van der Waals surface area contributed by atoms with Gasteiger partial charge in [0.1, 0.15) is 6.04 Å². The summed E-state index contributed by atoms with van der Waals surface area (Å²) >= 11 is 3.46. The second-order valence-corrected chi connectivity index (χ2v) is 5.37. The van der Waals surface area contributed by atoms with Crippen LogP contribution in [0.5, 0.6) is 11.5 Å². The smallest absolute Gasteiger partial charge is 0.323 e. The summed E-state index contributed by atoms with van der Waals surface area (Å²) in [6.45, 7) is 3.34. The molecule has 1 heterocycles. The molecule has 1 aliphatic rings. The van der Waals surface area contributed by atoms with E-state index in [4.69, 9.17) is 19.9 Å². The molecule has 0 bridgehead atoms. The zero-order valence-electron chi connectivity index (χ0n) is 11.4. The largest absolute Gasteiger partial charge is 0.490 e. The molecule has 0 spiro atoms. The number of carbonyl (C=O) groups excluding carboxylic acids is 1. The van der Waals surface area contributed by atoms with Gasteiger partial charge in [0.15, 0.2) is 11.5 Å². The molecule has 0 fully saturated rings. The number of carbonyl (C=O) groups is 1. The summed E-state index contributed by atoms with van der Waals surface area (Å²) in [5.41, 5.74) is 6.73. The minimum Gasteiger partial charge on any atom is -0.490 e. The minimum atomic E-state index is -0.674. The van der Waals surface area contributed by atoms with Crippen molar-refractivity contribution in [1.82, 2.24) is 0 Å². The number of halogens is 1. The standard InChI is InChI=1S/C14H18BrNO4/c1-2-18-14(17)11(16)7-9-6-10(15)13-12(8-9)19-4-3-5-20-13/h6,8,11H,2-5,7,16H2,1H3. The number of hydrogen-bond donors (Lipinski definition) is 1. The molecule has 0 saturated heterocycles. The molecule has 1 aromatic rings. The van der Waals surface area contributed by atoms with Crippen LogP contribution in [0.25, 0.3) is 0 Å². The molecular weight excluding hydrogens is 326 g/mol. The first-order valence-corrected chi connectivity index (χ1v) is 7.41. The van der Waals surface area contributed by atoms with E-state index < -0.39 is 12.0 Å². The Morgan fingerprint density at radius 1 is 1.45 bits per heavy atom. The third-order valence-corrected chi connectivity index (χ3v) is 3.50. The third-order valence-electron chi connectivity index (χ3n) is 2.91. The van der Waals surface area contributed by atoms with Crippen molar-refractivity contribution in [3.8, 4) is 11.5 Å². The molecule has 0 radical (unpaired) electrons. The molecule has 2 rings (SSSR count). The van der Waals surface area contributed by atoms with Crippen LogP contribution in [0.3, 0.4) is 0 Å². The minimum absolute atomic E-state index is 0.331. The van der Waals surface area contributed by atoms with Crippen LogP contribution in [0, 0.1) is 0 Å². The fourth-order valence-electron chi connectivity index (χ4n) is 1.99. The fraction of sp³-hybridized carbons (Fsp3) is 0.500. The van der Waals surface area contributed by atoms with Crippen LogP contribution in [0.1, 0.15) is 18.9 Å². The molecule has 0 aliphatic carbocycles. The molecule has 0 amide bonds. The summed E-state index contributed by atoms with van der Waals surface area (Å²) in [6, 6.07) is 3.09. The van der Waals surface area contributed by atoms with Crippen molar-refractivity contribution in [2.75, 3.05) is 19.8 Å². The average molecular weight is 344 g/mol. The molecule has 1 unspecified atom stereocenters. The summed E-state index contributed by atoms with van der Waals surface area (Å²) in [6.07, 6.45) is 1.24. The Hall–Kier alpha value is -1.27. The molecule has 0 saturated carbocycles. The molecule has 6 heteroatoms. The van der Waals surface area contributed by atoms with Gasteiger partial charge in [-0.15, -0.1) is 0 Å². The van der Waals surface area contributed by atoms with Gasteiger partial charge in [0.2, 0.25) is 0 Å². The maximum absolute atomic E-state index is 11.6. The predicted octanol–water partition coefficient (Wildman–Crippen LogP) is 2.04. The van der Waals surface area contributed by atoms with Crippen LogP contribution in [0.15, 0.2) is 16.6 Å². The van der Waals surface area contributed by atoms with Gasteiger partial charge in [0.25, 0.3) is 0 Å². The maximum Gasteiger partial charge on any atom is 0.323 e. The number of rotatable bonds is 4. The first-order valence-electron chi connectivity index (χ1n) is 6.62. The number of esters is 1. The number of ether oxygens (including phenoxy) is 3. The van der Waals surface area contributed by atoms with E-state index in [2.05, 4.69) is 15.9 Å². The van der Waals surface area contributed by atoms with E-state index in [9.17, 15) is 4.79 Å². The van der Waals surface area contributed by atoms with Crippen molar-refractivity contribution >= 4 is 21.9 Å². The highest BCUT2D eigenvalue weighted by Crippen LogP contribution is 2.38. The van der Waals surface area contributed by atoms with E-state index in [0.717, 1.165) is 16.5 Å². The third kappa shape index (κ3) is 3.64. The quantitative estimate of drug-likeness (QED) is 0.847. The first kappa shape index (κ1) is 15.1. The molecule has 1 aromatic carbocycles. The Labute approximate surface area is 126 Å². The predicted molar refractivity (Wildman–Crippen MR) is 78.1 cm³/mol. The van der Waals surface area contributed by atoms with Gasteiger partial charge in [-0.1, -0.05) is 0 Å². The van der Waals surface area contributed by atoms with Gasteiger partial charge in [-0.3, -0.25) is 4.79 Å². The lowest BCUT2D eigenvalue weighted by Gasteiger charge is -2.14. The molecule has 110 valence electrons. The van der Waals surface area contributed by atoms with Crippen molar-refractivity contribution in [1.29, 1.82) is 0 Å². The SMILES string of the molecule is CCOC(=O)C(N)Cc1cc(Br)c2c(c1)OCCCO2. The van der Waals surface area contributed by atoms with Crippen molar-refractivity contribution in [3.05, 3.63) is 22.2 Å². The Bertz CT molecular complexity index is 492.